The van der Waals surface area contributed by atoms with E-state index in [1.165, 1.54) is 15.3 Å². The van der Waals surface area contributed by atoms with Crippen molar-refractivity contribution < 1.29 is 0 Å². The summed E-state index contributed by atoms with van der Waals surface area (Å²) in [5.41, 5.74) is 3.29. The monoisotopic (exact) mass is 252 g/mol. The van der Waals surface area contributed by atoms with Crippen molar-refractivity contribution in [1.29, 1.82) is 0 Å². The van der Waals surface area contributed by atoms with Gasteiger partial charge in [0.25, 0.3) is 0 Å². The van der Waals surface area contributed by atoms with E-state index in [0.717, 1.165) is 13.0 Å². The molecule has 2 aromatic rings. The molecular formula is C12H16N2S2. The first-order valence-electron chi connectivity index (χ1n) is 5.48. The number of hydrogen-bond acceptors (Lipinski definition) is 4. The molecule has 0 aliphatic rings. The number of rotatable bonds is 5. The third-order valence-corrected chi connectivity index (χ3v) is 4.25. The standard InChI is InChI=1S/C12H16N2S2/c1-3-5-14-12(11-7-13-8-16-11)10-4-6-15-9(10)2/h4,6-8,12,14H,3,5H2,1-2H3. The second kappa shape index (κ2) is 5.57. The van der Waals surface area contributed by atoms with Crippen LogP contribution in [0.4, 0.5) is 0 Å². The maximum absolute atomic E-state index is 4.17. The second-order valence-electron chi connectivity index (χ2n) is 3.72. The average molecular weight is 252 g/mol. The maximum atomic E-state index is 4.17. The maximum Gasteiger partial charge on any atom is 0.0794 e. The Labute approximate surface area is 104 Å². The number of thiazole rings is 1. The number of nitrogens with zero attached hydrogens (tertiary/aromatic N) is 1. The summed E-state index contributed by atoms with van der Waals surface area (Å²) in [6, 6.07) is 2.53. The fourth-order valence-corrected chi connectivity index (χ4v) is 3.17. The Kier molecular flexibility index (Phi) is 4.09. The predicted octanol–water partition coefficient (Wildman–Crippen LogP) is 3.60. The first-order valence-corrected chi connectivity index (χ1v) is 7.24. The number of aromatic nitrogens is 1. The molecule has 0 saturated heterocycles. The van der Waals surface area contributed by atoms with Crippen molar-refractivity contribution in [3.8, 4) is 0 Å². The Morgan fingerprint density at radius 1 is 1.44 bits per heavy atom. The molecule has 4 heteroatoms. The zero-order valence-corrected chi connectivity index (χ0v) is 11.2. The van der Waals surface area contributed by atoms with Gasteiger partial charge in [-0.2, -0.15) is 0 Å². The molecule has 2 heterocycles. The Hall–Kier alpha value is -0.710. The van der Waals surface area contributed by atoms with Crippen LogP contribution in [-0.2, 0) is 0 Å². The normalized spacial score (nSPS) is 12.9. The lowest BCUT2D eigenvalue weighted by atomic mass is 10.1. The van der Waals surface area contributed by atoms with Crippen molar-refractivity contribution in [2.24, 2.45) is 0 Å². The molecule has 0 aliphatic heterocycles. The van der Waals surface area contributed by atoms with Gasteiger partial charge in [0, 0.05) is 16.0 Å². The van der Waals surface area contributed by atoms with Gasteiger partial charge in [0.2, 0.25) is 0 Å². The van der Waals surface area contributed by atoms with Crippen LogP contribution < -0.4 is 5.32 Å². The topological polar surface area (TPSA) is 24.9 Å². The largest absolute Gasteiger partial charge is 0.306 e. The number of thiophene rings is 1. The molecule has 16 heavy (non-hydrogen) atoms. The molecule has 1 unspecified atom stereocenters. The molecule has 0 fully saturated rings. The van der Waals surface area contributed by atoms with Crippen LogP contribution in [0.2, 0.25) is 0 Å². The van der Waals surface area contributed by atoms with E-state index in [1.54, 1.807) is 11.3 Å². The van der Waals surface area contributed by atoms with Gasteiger partial charge in [-0.15, -0.1) is 22.7 Å². The average Bonchev–Trinajstić information content (AvgIpc) is 2.91. The molecule has 0 aliphatic carbocycles. The quantitative estimate of drug-likeness (QED) is 0.879. The fraction of sp³-hybridized carbons (Fsp3) is 0.417. The van der Waals surface area contributed by atoms with E-state index in [0.29, 0.717) is 6.04 Å². The van der Waals surface area contributed by atoms with Gasteiger partial charge >= 0.3 is 0 Å². The van der Waals surface area contributed by atoms with Crippen molar-refractivity contribution in [3.05, 3.63) is 38.5 Å². The number of aryl methyl sites for hydroxylation is 1. The molecule has 1 N–H and O–H groups in total. The van der Waals surface area contributed by atoms with Crippen molar-refractivity contribution >= 4 is 22.7 Å². The van der Waals surface area contributed by atoms with Gasteiger partial charge < -0.3 is 5.32 Å². The molecule has 0 bridgehead atoms. The van der Waals surface area contributed by atoms with Crippen molar-refractivity contribution in [1.82, 2.24) is 10.3 Å². The Balaban J connectivity index is 2.25. The van der Waals surface area contributed by atoms with Crippen LogP contribution in [0.1, 0.15) is 34.7 Å². The molecule has 2 rings (SSSR count). The van der Waals surface area contributed by atoms with Crippen LogP contribution in [0.3, 0.4) is 0 Å². The molecule has 0 saturated carbocycles. The third kappa shape index (κ3) is 2.51. The lowest BCUT2D eigenvalue weighted by Crippen LogP contribution is -2.22. The molecule has 0 radical (unpaired) electrons. The SMILES string of the molecule is CCCNC(c1cncs1)c1ccsc1C. The van der Waals surface area contributed by atoms with Gasteiger partial charge in [0.1, 0.15) is 0 Å². The molecule has 2 nitrogen and oxygen atoms in total. The van der Waals surface area contributed by atoms with Gasteiger partial charge in [-0.3, -0.25) is 4.98 Å². The minimum absolute atomic E-state index is 0.318. The first kappa shape index (κ1) is 11.8. The molecule has 86 valence electrons. The highest BCUT2D eigenvalue weighted by Crippen LogP contribution is 2.29. The molecule has 1 atom stereocenters. The fourth-order valence-electron chi connectivity index (χ4n) is 1.71. The van der Waals surface area contributed by atoms with Crippen LogP contribution in [0.5, 0.6) is 0 Å². The summed E-state index contributed by atoms with van der Waals surface area (Å²) in [4.78, 5) is 6.86. The first-order chi connectivity index (χ1) is 7.83. The van der Waals surface area contributed by atoms with Gasteiger partial charge in [-0.1, -0.05) is 6.92 Å². The van der Waals surface area contributed by atoms with Crippen LogP contribution in [0, 0.1) is 6.92 Å². The lowest BCUT2D eigenvalue weighted by Gasteiger charge is -2.16. The second-order valence-corrected chi connectivity index (χ2v) is 5.76. The summed E-state index contributed by atoms with van der Waals surface area (Å²) in [5, 5.41) is 5.75. The van der Waals surface area contributed by atoms with Crippen LogP contribution >= 0.6 is 22.7 Å². The van der Waals surface area contributed by atoms with E-state index in [9.17, 15) is 0 Å². The van der Waals surface area contributed by atoms with Crippen LogP contribution in [-0.4, -0.2) is 11.5 Å². The van der Waals surface area contributed by atoms with Crippen molar-refractivity contribution in [2.45, 2.75) is 26.3 Å². The predicted molar refractivity (Wildman–Crippen MR) is 71.3 cm³/mol. The Bertz CT molecular complexity index is 420. The van der Waals surface area contributed by atoms with Gasteiger partial charge in [-0.05, 0) is 36.9 Å². The smallest absolute Gasteiger partial charge is 0.0794 e. The highest BCUT2D eigenvalue weighted by atomic mass is 32.1. The van der Waals surface area contributed by atoms with Crippen molar-refractivity contribution in [3.63, 3.8) is 0 Å². The molecule has 0 amide bonds. The number of nitrogens with one attached hydrogen (secondary N) is 1. The number of hydrogen-bond donors (Lipinski definition) is 1. The zero-order chi connectivity index (χ0) is 11.4. The highest BCUT2D eigenvalue weighted by Gasteiger charge is 2.17. The molecular weight excluding hydrogens is 236 g/mol. The van der Waals surface area contributed by atoms with Crippen LogP contribution in [0.15, 0.2) is 23.2 Å². The zero-order valence-electron chi connectivity index (χ0n) is 9.56. The van der Waals surface area contributed by atoms with E-state index in [-0.39, 0.29) is 0 Å². The third-order valence-electron chi connectivity index (χ3n) is 2.54. The minimum atomic E-state index is 0.318. The van der Waals surface area contributed by atoms with E-state index in [2.05, 4.69) is 35.6 Å². The minimum Gasteiger partial charge on any atom is -0.306 e. The van der Waals surface area contributed by atoms with Crippen LogP contribution in [0.25, 0.3) is 0 Å². The van der Waals surface area contributed by atoms with Crippen molar-refractivity contribution in [2.75, 3.05) is 6.54 Å². The lowest BCUT2D eigenvalue weighted by molar-refractivity contribution is 0.604. The van der Waals surface area contributed by atoms with E-state index >= 15 is 0 Å². The summed E-state index contributed by atoms with van der Waals surface area (Å²) in [6.07, 6.45) is 3.12. The summed E-state index contributed by atoms with van der Waals surface area (Å²) in [6.45, 7) is 5.41. The molecule has 0 aromatic carbocycles. The summed E-state index contributed by atoms with van der Waals surface area (Å²) >= 11 is 3.53. The Morgan fingerprint density at radius 3 is 2.88 bits per heavy atom. The van der Waals surface area contributed by atoms with Gasteiger partial charge in [0.05, 0.1) is 11.6 Å². The molecule has 0 spiro atoms. The molecule has 2 aromatic heterocycles. The Morgan fingerprint density at radius 2 is 2.31 bits per heavy atom. The van der Waals surface area contributed by atoms with E-state index in [4.69, 9.17) is 0 Å². The highest BCUT2D eigenvalue weighted by molar-refractivity contribution is 7.10. The summed E-state index contributed by atoms with van der Waals surface area (Å²) < 4.78 is 0. The summed E-state index contributed by atoms with van der Waals surface area (Å²) in [7, 11) is 0. The van der Waals surface area contributed by atoms with Gasteiger partial charge in [0.15, 0.2) is 0 Å². The van der Waals surface area contributed by atoms with Gasteiger partial charge in [-0.25, -0.2) is 0 Å². The summed E-state index contributed by atoms with van der Waals surface area (Å²) in [5.74, 6) is 0. The van der Waals surface area contributed by atoms with E-state index in [1.807, 2.05) is 23.0 Å². The van der Waals surface area contributed by atoms with E-state index < -0.39 is 0 Å².